The molecule has 0 bridgehead atoms. The molecule has 0 saturated carbocycles. The van der Waals surface area contributed by atoms with Crippen molar-refractivity contribution < 1.29 is 0 Å². The normalized spacial score (nSPS) is 21.3. The van der Waals surface area contributed by atoms with E-state index < -0.39 is 0 Å². The molecular formula is C15H24N4. The first-order valence-corrected chi connectivity index (χ1v) is 7.57. The van der Waals surface area contributed by atoms with Gasteiger partial charge in [-0.2, -0.15) is 0 Å². The smallest absolute Gasteiger partial charge is 0.115 e. The van der Waals surface area contributed by atoms with Crippen molar-refractivity contribution in [3.8, 4) is 0 Å². The maximum atomic E-state index is 4.46. The second kappa shape index (κ2) is 5.97. The van der Waals surface area contributed by atoms with Gasteiger partial charge in [0, 0.05) is 44.0 Å². The lowest BCUT2D eigenvalue weighted by atomic mass is 10.1. The molecule has 19 heavy (non-hydrogen) atoms. The molecule has 0 N–H and O–H groups in total. The van der Waals surface area contributed by atoms with Crippen molar-refractivity contribution in [1.82, 2.24) is 19.8 Å². The van der Waals surface area contributed by atoms with Gasteiger partial charge in [0.15, 0.2) is 0 Å². The number of hydrogen-bond acceptors (Lipinski definition) is 4. The maximum Gasteiger partial charge on any atom is 0.115 e. The SMILES string of the molecule is Cc1ncnc2c1CCN(CCN1CCCC1)CC2. The molecule has 3 heterocycles. The molecule has 0 radical (unpaired) electrons. The molecule has 0 spiro atoms. The van der Waals surface area contributed by atoms with Crippen LogP contribution in [0.3, 0.4) is 0 Å². The molecular weight excluding hydrogens is 236 g/mol. The number of aryl methyl sites for hydroxylation is 1. The van der Waals surface area contributed by atoms with Gasteiger partial charge < -0.3 is 9.80 Å². The quantitative estimate of drug-likeness (QED) is 0.819. The molecule has 104 valence electrons. The summed E-state index contributed by atoms with van der Waals surface area (Å²) >= 11 is 0. The Bertz CT molecular complexity index is 426. The standard InChI is InChI=1S/C15H24N4/c1-13-14-4-8-19(9-5-15(14)17-12-16-13)11-10-18-6-2-3-7-18/h12H,2-11H2,1H3. The zero-order valence-electron chi connectivity index (χ0n) is 11.9. The van der Waals surface area contributed by atoms with E-state index in [1.54, 1.807) is 6.33 Å². The van der Waals surface area contributed by atoms with Gasteiger partial charge in [0.1, 0.15) is 6.33 Å². The van der Waals surface area contributed by atoms with Crippen LogP contribution in [0, 0.1) is 6.92 Å². The molecule has 1 aromatic heterocycles. The van der Waals surface area contributed by atoms with Crippen LogP contribution in [-0.4, -0.2) is 59.0 Å². The molecule has 0 aromatic carbocycles. The molecule has 0 unspecified atom stereocenters. The van der Waals surface area contributed by atoms with Crippen molar-refractivity contribution in [2.24, 2.45) is 0 Å². The van der Waals surface area contributed by atoms with Gasteiger partial charge in [0.25, 0.3) is 0 Å². The van der Waals surface area contributed by atoms with E-state index in [4.69, 9.17) is 0 Å². The first-order valence-electron chi connectivity index (χ1n) is 7.57. The number of likely N-dealkylation sites (tertiary alicyclic amines) is 1. The third-order valence-electron chi connectivity index (χ3n) is 4.52. The second-order valence-electron chi connectivity index (χ2n) is 5.77. The van der Waals surface area contributed by atoms with Crippen molar-refractivity contribution in [3.63, 3.8) is 0 Å². The maximum absolute atomic E-state index is 4.46. The highest BCUT2D eigenvalue weighted by molar-refractivity contribution is 5.25. The highest BCUT2D eigenvalue weighted by atomic mass is 15.2. The van der Waals surface area contributed by atoms with Crippen molar-refractivity contribution in [2.75, 3.05) is 39.3 Å². The summed E-state index contributed by atoms with van der Waals surface area (Å²) in [4.78, 5) is 14.0. The molecule has 1 aromatic rings. The predicted molar refractivity (Wildman–Crippen MR) is 76.3 cm³/mol. The van der Waals surface area contributed by atoms with E-state index in [1.807, 2.05) is 0 Å². The van der Waals surface area contributed by atoms with Crippen molar-refractivity contribution >= 4 is 0 Å². The lowest BCUT2D eigenvalue weighted by molar-refractivity contribution is 0.232. The number of nitrogens with zero attached hydrogens (tertiary/aromatic N) is 4. The van der Waals surface area contributed by atoms with Crippen LogP contribution in [0.15, 0.2) is 6.33 Å². The van der Waals surface area contributed by atoms with Gasteiger partial charge in [-0.05, 0) is 44.8 Å². The first-order chi connectivity index (χ1) is 9.33. The van der Waals surface area contributed by atoms with E-state index in [9.17, 15) is 0 Å². The van der Waals surface area contributed by atoms with Crippen LogP contribution in [0.2, 0.25) is 0 Å². The lowest BCUT2D eigenvalue weighted by Crippen LogP contribution is -2.35. The molecule has 0 atom stereocenters. The zero-order chi connectivity index (χ0) is 13.1. The Morgan fingerprint density at radius 1 is 0.947 bits per heavy atom. The van der Waals surface area contributed by atoms with Crippen molar-refractivity contribution in [1.29, 1.82) is 0 Å². The lowest BCUT2D eigenvalue weighted by Gasteiger charge is -2.23. The van der Waals surface area contributed by atoms with Crippen LogP contribution in [0.4, 0.5) is 0 Å². The summed E-state index contributed by atoms with van der Waals surface area (Å²) in [5.74, 6) is 0. The van der Waals surface area contributed by atoms with E-state index in [0.29, 0.717) is 0 Å². The molecule has 0 amide bonds. The third-order valence-corrected chi connectivity index (χ3v) is 4.52. The van der Waals surface area contributed by atoms with E-state index >= 15 is 0 Å². The second-order valence-corrected chi connectivity index (χ2v) is 5.77. The van der Waals surface area contributed by atoms with E-state index in [0.717, 1.165) is 25.9 Å². The summed E-state index contributed by atoms with van der Waals surface area (Å²) in [5.41, 5.74) is 3.84. The van der Waals surface area contributed by atoms with Crippen LogP contribution in [-0.2, 0) is 12.8 Å². The summed E-state index contributed by atoms with van der Waals surface area (Å²) in [6.07, 6.45) is 6.69. The topological polar surface area (TPSA) is 32.3 Å². The van der Waals surface area contributed by atoms with Gasteiger partial charge in [-0.1, -0.05) is 0 Å². The Hall–Kier alpha value is -1.00. The summed E-state index contributed by atoms with van der Waals surface area (Å²) in [6, 6.07) is 0. The average Bonchev–Trinajstić information content (AvgIpc) is 2.84. The largest absolute Gasteiger partial charge is 0.302 e. The molecule has 4 heteroatoms. The highest BCUT2D eigenvalue weighted by Crippen LogP contribution is 2.16. The van der Waals surface area contributed by atoms with Gasteiger partial charge in [-0.3, -0.25) is 0 Å². The Morgan fingerprint density at radius 2 is 1.63 bits per heavy atom. The number of aromatic nitrogens is 2. The summed E-state index contributed by atoms with van der Waals surface area (Å²) in [5, 5.41) is 0. The summed E-state index contributed by atoms with van der Waals surface area (Å²) in [7, 11) is 0. The first kappa shape index (κ1) is 13.0. The summed E-state index contributed by atoms with van der Waals surface area (Å²) < 4.78 is 0. The van der Waals surface area contributed by atoms with Crippen LogP contribution in [0.5, 0.6) is 0 Å². The molecule has 1 saturated heterocycles. The molecule has 3 rings (SSSR count). The fraction of sp³-hybridized carbons (Fsp3) is 0.733. The number of fused-ring (bicyclic) bond motifs is 1. The van der Waals surface area contributed by atoms with E-state index in [-0.39, 0.29) is 0 Å². The summed E-state index contributed by atoms with van der Waals surface area (Å²) in [6.45, 7) is 9.48. The van der Waals surface area contributed by atoms with Gasteiger partial charge in [-0.25, -0.2) is 9.97 Å². The van der Waals surface area contributed by atoms with Crippen molar-refractivity contribution in [3.05, 3.63) is 23.3 Å². The van der Waals surface area contributed by atoms with Crippen molar-refractivity contribution in [2.45, 2.75) is 32.6 Å². The minimum atomic E-state index is 1.08. The van der Waals surface area contributed by atoms with Gasteiger partial charge in [-0.15, -0.1) is 0 Å². The van der Waals surface area contributed by atoms with Crippen LogP contribution in [0.25, 0.3) is 0 Å². The third kappa shape index (κ3) is 3.12. The molecule has 2 aliphatic rings. The molecule has 0 aliphatic carbocycles. The molecule has 4 nitrogen and oxygen atoms in total. The Morgan fingerprint density at radius 3 is 2.42 bits per heavy atom. The number of rotatable bonds is 3. The fourth-order valence-corrected chi connectivity index (χ4v) is 3.25. The molecule has 2 aliphatic heterocycles. The van der Waals surface area contributed by atoms with E-state index in [2.05, 4.69) is 26.7 Å². The Balaban J connectivity index is 1.55. The predicted octanol–water partition coefficient (Wildman–Crippen LogP) is 1.28. The average molecular weight is 260 g/mol. The minimum absolute atomic E-state index is 1.08. The zero-order valence-corrected chi connectivity index (χ0v) is 11.9. The Labute approximate surface area is 115 Å². The van der Waals surface area contributed by atoms with E-state index in [1.165, 1.54) is 56.0 Å². The van der Waals surface area contributed by atoms with Gasteiger partial charge in [0.05, 0.1) is 0 Å². The van der Waals surface area contributed by atoms with Gasteiger partial charge >= 0.3 is 0 Å². The van der Waals surface area contributed by atoms with Crippen LogP contribution < -0.4 is 0 Å². The minimum Gasteiger partial charge on any atom is -0.302 e. The highest BCUT2D eigenvalue weighted by Gasteiger charge is 2.18. The van der Waals surface area contributed by atoms with Gasteiger partial charge in [0.2, 0.25) is 0 Å². The van der Waals surface area contributed by atoms with Crippen LogP contribution in [0.1, 0.15) is 29.8 Å². The van der Waals surface area contributed by atoms with Crippen LogP contribution >= 0.6 is 0 Å². The fourth-order valence-electron chi connectivity index (χ4n) is 3.25. The number of hydrogen-bond donors (Lipinski definition) is 0. The molecule has 1 fully saturated rings. The monoisotopic (exact) mass is 260 g/mol. The Kier molecular flexibility index (Phi) is 4.09.